The fraction of sp³-hybridized carbons (Fsp3) is 0.333. The molecule has 0 aliphatic carbocycles. The Balaban J connectivity index is 1.74. The van der Waals surface area contributed by atoms with Crippen LogP contribution in [0.1, 0.15) is 23.1 Å². The van der Waals surface area contributed by atoms with Gasteiger partial charge in [-0.1, -0.05) is 12.1 Å². The van der Waals surface area contributed by atoms with Crippen molar-refractivity contribution < 1.29 is 18.0 Å². The molecule has 0 bridgehead atoms. The molecular formula is C21H25N3O4S. The highest BCUT2D eigenvalue weighted by atomic mass is 32.2. The van der Waals surface area contributed by atoms with Crippen LogP contribution in [0.4, 0.5) is 17.1 Å². The molecule has 2 aromatic carbocycles. The molecule has 29 heavy (non-hydrogen) atoms. The molecule has 0 radical (unpaired) electrons. The summed E-state index contributed by atoms with van der Waals surface area (Å²) < 4.78 is 25.4. The molecule has 7 nitrogen and oxygen atoms in total. The Morgan fingerprint density at radius 1 is 1.03 bits per heavy atom. The van der Waals surface area contributed by atoms with Crippen LogP contribution in [-0.4, -0.2) is 33.0 Å². The van der Waals surface area contributed by atoms with Crippen LogP contribution >= 0.6 is 0 Å². The lowest BCUT2D eigenvalue weighted by atomic mass is 10.1. The minimum absolute atomic E-state index is 0.229. The van der Waals surface area contributed by atoms with E-state index >= 15 is 0 Å². The van der Waals surface area contributed by atoms with Gasteiger partial charge in [-0.2, -0.15) is 0 Å². The number of aryl methyl sites for hydroxylation is 3. The third-order valence-electron chi connectivity index (χ3n) is 5.12. The van der Waals surface area contributed by atoms with Gasteiger partial charge in [0, 0.05) is 17.9 Å². The van der Waals surface area contributed by atoms with Gasteiger partial charge in [-0.15, -0.1) is 0 Å². The summed E-state index contributed by atoms with van der Waals surface area (Å²) in [4.78, 5) is 27.2. The van der Waals surface area contributed by atoms with Crippen LogP contribution in [0.15, 0.2) is 36.4 Å². The van der Waals surface area contributed by atoms with E-state index in [2.05, 4.69) is 10.0 Å². The Bertz CT molecular complexity index is 1080. The van der Waals surface area contributed by atoms with E-state index in [0.717, 1.165) is 28.6 Å². The fourth-order valence-corrected chi connectivity index (χ4v) is 3.93. The molecule has 2 aromatic rings. The number of anilines is 3. The molecule has 1 heterocycles. The smallest absolute Gasteiger partial charge is 0.239 e. The van der Waals surface area contributed by atoms with Crippen molar-refractivity contribution in [3.05, 3.63) is 53.1 Å². The minimum atomic E-state index is -3.44. The van der Waals surface area contributed by atoms with E-state index in [0.29, 0.717) is 24.3 Å². The van der Waals surface area contributed by atoms with Gasteiger partial charge in [0.2, 0.25) is 21.8 Å². The lowest BCUT2D eigenvalue weighted by Gasteiger charge is -2.18. The molecule has 0 aromatic heterocycles. The molecule has 2 N–H and O–H groups in total. The Kier molecular flexibility index (Phi) is 5.66. The van der Waals surface area contributed by atoms with E-state index in [1.807, 2.05) is 32.0 Å². The number of carbonyl (C=O) groups is 2. The normalized spacial score (nSPS) is 16.8. The van der Waals surface area contributed by atoms with E-state index in [4.69, 9.17) is 0 Å². The summed E-state index contributed by atoms with van der Waals surface area (Å²) in [6, 6.07) is 10.8. The molecule has 1 fully saturated rings. The third-order valence-corrected chi connectivity index (χ3v) is 5.72. The first-order valence-corrected chi connectivity index (χ1v) is 11.2. The summed E-state index contributed by atoms with van der Waals surface area (Å²) in [6.45, 7) is 6.24. The van der Waals surface area contributed by atoms with Gasteiger partial charge in [-0.05, 0) is 68.1 Å². The standard InChI is InChI=1S/C21H25N3O4S/c1-13-6-8-17(11-15(13)3)24-10-9-18(21(24)26)20(25)22-16-7-5-14(2)19(12-16)23-29(4,27)28/h5-8,11-12,18,23H,9-10H2,1-4H3,(H,22,25)/t18-/m0/s1. The maximum Gasteiger partial charge on any atom is 0.239 e. The minimum Gasteiger partial charge on any atom is -0.325 e. The summed E-state index contributed by atoms with van der Waals surface area (Å²) in [5, 5.41) is 2.74. The van der Waals surface area contributed by atoms with Crippen LogP contribution in [0.5, 0.6) is 0 Å². The average molecular weight is 416 g/mol. The molecule has 2 amide bonds. The first-order chi connectivity index (χ1) is 13.5. The Morgan fingerprint density at radius 2 is 1.72 bits per heavy atom. The van der Waals surface area contributed by atoms with Crippen molar-refractivity contribution in [2.75, 3.05) is 27.7 Å². The van der Waals surface area contributed by atoms with Crippen LogP contribution < -0.4 is 14.9 Å². The van der Waals surface area contributed by atoms with Crippen molar-refractivity contribution in [2.45, 2.75) is 27.2 Å². The Hall–Kier alpha value is -2.87. The summed E-state index contributed by atoms with van der Waals surface area (Å²) in [7, 11) is -3.44. The zero-order valence-corrected chi connectivity index (χ0v) is 17.8. The maximum atomic E-state index is 12.8. The number of amides is 2. The number of nitrogens with one attached hydrogen (secondary N) is 2. The lowest BCUT2D eigenvalue weighted by Crippen LogP contribution is -2.33. The first-order valence-electron chi connectivity index (χ1n) is 9.33. The van der Waals surface area contributed by atoms with E-state index in [-0.39, 0.29) is 5.91 Å². The van der Waals surface area contributed by atoms with Gasteiger partial charge >= 0.3 is 0 Å². The monoisotopic (exact) mass is 415 g/mol. The average Bonchev–Trinajstić information content (AvgIpc) is 3.00. The highest BCUT2D eigenvalue weighted by Crippen LogP contribution is 2.28. The second-order valence-electron chi connectivity index (χ2n) is 7.49. The second kappa shape index (κ2) is 7.87. The predicted octanol–water partition coefficient (Wildman–Crippen LogP) is 2.97. The van der Waals surface area contributed by atoms with Gasteiger partial charge in [-0.25, -0.2) is 8.42 Å². The van der Waals surface area contributed by atoms with E-state index < -0.39 is 21.8 Å². The number of rotatable bonds is 5. The van der Waals surface area contributed by atoms with Crippen LogP contribution in [0.25, 0.3) is 0 Å². The van der Waals surface area contributed by atoms with Crippen LogP contribution in [-0.2, 0) is 19.6 Å². The summed E-state index contributed by atoms with van der Waals surface area (Å²) in [6.07, 6.45) is 1.49. The third kappa shape index (κ3) is 4.76. The quantitative estimate of drug-likeness (QED) is 0.734. The number of nitrogens with zero attached hydrogens (tertiary/aromatic N) is 1. The topological polar surface area (TPSA) is 95.6 Å². The van der Waals surface area contributed by atoms with Crippen molar-refractivity contribution in [3.8, 4) is 0 Å². The number of benzene rings is 2. The van der Waals surface area contributed by atoms with Gasteiger partial charge in [0.1, 0.15) is 5.92 Å². The van der Waals surface area contributed by atoms with Crippen molar-refractivity contribution in [1.29, 1.82) is 0 Å². The molecule has 3 rings (SSSR count). The summed E-state index contributed by atoms with van der Waals surface area (Å²) in [5.74, 6) is -1.40. The van der Waals surface area contributed by atoms with Crippen LogP contribution in [0.2, 0.25) is 0 Å². The van der Waals surface area contributed by atoms with Gasteiger partial charge in [-0.3, -0.25) is 14.3 Å². The van der Waals surface area contributed by atoms with Gasteiger partial charge in [0.05, 0.1) is 11.9 Å². The zero-order chi connectivity index (χ0) is 21.3. The molecule has 1 aliphatic rings. The number of carbonyl (C=O) groups excluding carboxylic acids is 2. The summed E-state index contributed by atoms with van der Waals surface area (Å²) >= 11 is 0. The zero-order valence-electron chi connectivity index (χ0n) is 16.9. The Labute approximate surface area is 171 Å². The molecule has 0 spiro atoms. The van der Waals surface area contributed by atoms with Crippen molar-refractivity contribution in [3.63, 3.8) is 0 Å². The molecule has 8 heteroatoms. The number of hydrogen-bond donors (Lipinski definition) is 2. The molecule has 0 unspecified atom stereocenters. The maximum absolute atomic E-state index is 12.8. The molecule has 1 saturated heterocycles. The van der Waals surface area contributed by atoms with Gasteiger partial charge in [0.15, 0.2) is 0 Å². The van der Waals surface area contributed by atoms with Crippen LogP contribution in [0.3, 0.4) is 0 Å². The molecule has 1 aliphatic heterocycles. The van der Waals surface area contributed by atoms with E-state index in [9.17, 15) is 18.0 Å². The molecule has 154 valence electrons. The van der Waals surface area contributed by atoms with E-state index in [1.54, 1.807) is 30.0 Å². The largest absolute Gasteiger partial charge is 0.325 e. The first kappa shape index (κ1) is 20.9. The lowest BCUT2D eigenvalue weighted by molar-refractivity contribution is -0.129. The highest BCUT2D eigenvalue weighted by Gasteiger charge is 2.37. The molecule has 0 saturated carbocycles. The predicted molar refractivity (Wildman–Crippen MR) is 115 cm³/mol. The molecule has 1 atom stereocenters. The molecular weight excluding hydrogens is 390 g/mol. The van der Waals surface area contributed by atoms with Gasteiger partial charge < -0.3 is 10.2 Å². The second-order valence-corrected chi connectivity index (χ2v) is 9.24. The number of hydrogen-bond acceptors (Lipinski definition) is 4. The number of sulfonamides is 1. The van der Waals surface area contributed by atoms with Gasteiger partial charge in [0.25, 0.3) is 0 Å². The summed E-state index contributed by atoms with van der Waals surface area (Å²) in [5.41, 5.74) is 4.58. The fourth-order valence-electron chi connectivity index (χ4n) is 3.31. The Morgan fingerprint density at radius 3 is 2.38 bits per heavy atom. The SMILES string of the molecule is Cc1ccc(N2CC[C@@H](C(=O)Nc3ccc(C)c(NS(C)(=O)=O)c3)C2=O)cc1C. The van der Waals surface area contributed by atoms with Crippen molar-refractivity contribution in [2.24, 2.45) is 5.92 Å². The highest BCUT2D eigenvalue weighted by molar-refractivity contribution is 7.92. The van der Waals surface area contributed by atoms with Crippen molar-refractivity contribution >= 4 is 38.9 Å². The van der Waals surface area contributed by atoms with Crippen LogP contribution in [0, 0.1) is 26.7 Å². The van der Waals surface area contributed by atoms with E-state index in [1.165, 1.54) is 0 Å². The van der Waals surface area contributed by atoms with Crippen molar-refractivity contribution in [1.82, 2.24) is 0 Å².